The van der Waals surface area contributed by atoms with E-state index in [-0.39, 0.29) is 16.1 Å². The molecule has 0 bridgehead atoms. The van der Waals surface area contributed by atoms with E-state index in [0.29, 0.717) is 5.69 Å². The average Bonchev–Trinajstić information content (AvgIpc) is 2.29. The third-order valence-electron chi connectivity index (χ3n) is 3.45. The fraction of sp³-hybridized carbons (Fsp3) is 0.500. The summed E-state index contributed by atoms with van der Waals surface area (Å²) in [5, 5.41) is 12.3. The predicted octanol–water partition coefficient (Wildman–Crippen LogP) is 2.06. The highest BCUT2D eigenvalue weighted by Gasteiger charge is 2.36. The highest BCUT2D eigenvalue weighted by Crippen LogP contribution is 2.42. The Bertz CT molecular complexity index is 455. The Hall–Kier alpha value is -1.43. The van der Waals surface area contributed by atoms with Gasteiger partial charge in [0, 0.05) is 11.3 Å². The number of nitrogen functional groups attached to an aromatic ring is 1. The summed E-state index contributed by atoms with van der Waals surface area (Å²) in [7, 11) is 0. The van der Waals surface area contributed by atoms with Crippen LogP contribution in [0.5, 0.6) is 0 Å². The second-order valence-corrected chi connectivity index (χ2v) is 5.83. The first-order chi connectivity index (χ1) is 8.56. The van der Waals surface area contributed by atoms with Crippen molar-refractivity contribution in [3.63, 3.8) is 0 Å². The lowest BCUT2D eigenvalue weighted by Gasteiger charge is -2.40. The standard InChI is InChI=1S/C12H17N3O2S/c1-18-12(3-2-4-12)7-15-9-6-14-10(13)5-8(9)11(16)17/h5-6,15H,2-4,7H2,1H3,(H2,13,14)(H,16,17). The van der Waals surface area contributed by atoms with E-state index in [4.69, 9.17) is 10.8 Å². The summed E-state index contributed by atoms with van der Waals surface area (Å²) in [4.78, 5) is 15.1. The topological polar surface area (TPSA) is 88.2 Å². The second kappa shape index (κ2) is 5.06. The van der Waals surface area contributed by atoms with Gasteiger partial charge in [-0.25, -0.2) is 9.78 Å². The van der Waals surface area contributed by atoms with Crippen LogP contribution in [0, 0.1) is 0 Å². The summed E-state index contributed by atoms with van der Waals surface area (Å²) in [6.07, 6.45) is 7.18. The average molecular weight is 267 g/mol. The van der Waals surface area contributed by atoms with Crippen molar-refractivity contribution < 1.29 is 9.90 Å². The number of hydrogen-bond acceptors (Lipinski definition) is 5. The van der Waals surface area contributed by atoms with Gasteiger partial charge in [-0.05, 0) is 25.2 Å². The Balaban J connectivity index is 2.11. The van der Waals surface area contributed by atoms with E-state index in [1.807, 2.05) is 11.8 Å². The summed E-state index contributed by atoms with van der Waals surface area (Å²) in [6, 6.07) is 1.39. The van der Waals surface area contributed by atoms with Gasteiger partial charge in [0.2, 0.25) is 0 Å². The summed E-state index contributed by atoms with van der Waals surface area (Å²) in [5.74, 6) is -0.764. The van der Waals surface area contributed by atoms with E-state index in [9.17, 15) is 4.79 Å². The van der Waals surface area contributed by atoms with Crippen LogP contribution in [0.25, 0.3) is 0 Å². The van der Waals surface area contributed by atoms with Crippen LogP contribution in [0.2, 0.25) is 0 Å². The third-order valence-corrected chi connectivity index (χ3v) is 4.87. The number of carbonyl (C=O) groups is 1. The van der Waals surface area contributed by atoms with Gasteiger partial charge in [0.15, 0.2) is 0 Å². The zero-order valence-corrected chi connectivity index (χ0v) is 11.1. The van der Waals surface area contributed by atoms with E-state index >= 15 is 0 Å². The molecule has 1 aliphatic carbocycles. The molecule has 0 unspecified atom stereocenters. The number of hydrogen-bond donors (Lipinski definition) is 3. The molecule has 0 aliphatic heterocycles. The number of carboxylic acid groups (broad SMARTS) is 1. The molecule has 1 saturated carbocycles. The molecule has 0 atom stereocenters. The molecular formula is C12H17N3O2S. The Morgan fingerprint density at radius 3 is 2.89 bits per heavy atom. The number of carboxylic acids is 1. The van der Waals surface area contributed by atoms with Crippen LogP contribution in [0.4, 0.5) is 11.5 Å². The molecule has 1 heterocycles. The largest absolute Gasteiger partial charge is 0.478 e. The molecular weight excluding hydrogens is 250 g/mol. The van der Waals surface area contributed by atoms with Gasteiger partial charge in [-0.2, -0.15) is 11.8 Å². The zero-order chi connectivity index (χ0) is 13.2. The van der Waals surface area contributed by atoms with Gasteiger partial charge in [0.05, 0.1) is 17.4 Å². The van der Waals surface area contributed by atoms with Crippen molar-refractivity contribution in [2.75, 3.05) is 23.9 Å². The molecule has 1 aromatic rings. The Morgan fingerprint density at radius 2 is 2.39 bits per heavy atom. The van der Waals surface area contributed by atoms with Crippen LogP contribution in [0.15, 0.2) is 12.3 Å². The van der Waals surface area contributed by atoms with E-state index in [0.717, 1.165) is 6.54 Å². The molecule has 6 heteroatoms. The lowest BCUT2D eigenvalue weighted by atomic mass is 9.84. The first kappa shape index (κ1) is 13.0. The third kappa shape index (κ3) is 2.53. The maximum atomic E-state index is 11.1. The highest BCUT2D eigenvalue weighted by molar-refractivity contribution is 8.00. The first-order valence-electron chi connectivity index (χ1n) is 5.84. The summed E-state index contributed by atoms with van der Waals surface area (Å²) in [5.41, 5.74) is 6.22. The molecule has 1 aromatic heterocycles. The van der Waals surface area contributed by atoms with Crippen LogP contribution in [0.3, 0.4) is 0 Å². The lowest BCUT2D eigenvalue weighted by molar-refractivity contribution is 0.0698. The van der Waals surface area contributed by atoms with Crippen LogP contribution >= 0.6 is 11.8 Å². The molecule has 1 aliphatic rings. The van der Waals surface area contributed by atoms with Crippen molar-refractivity contribution in [3.05, 3.63) is 17.8 Å². The molecule has 0 amide bonds. The number of aromatic nitrogens is 1. The van der Waals surface area contributed by atoms with Gasteiger partial charge < -0.3 is 16.2 Å². The van der Waals surface area contributed by atoms with E-state index < -0.39 is 5.97 Å². The molecule has 1 fully saturated rings. The van der Waals surface area contributed by atoms with E-state index in [2.05, 4.69) is 16.6 Å². The van der Waals surface area contributed by atoms with Crippen molar-refractivity contribution in [2.45, 2.75) is 24.0 Å². The number of rotatable bonds is 5. The quantitative estimate of drug-likeness (QED) is 0.757. The molecule has 4 N–H and O–H groups in total. The molecule has 0 radical (unpaired) electrons. The Kier molecular flexibility index (Phi) is 3.65. The molecule has 5 nitrogen and oxygen atoms in total. The Labute approximate surface area is 110 Å². The number of pyridine rings is 1. The summed E-state index contributed by atoms with van der Waals surface area (Å²) in [6.45, 7) is 0.764. The number of nitrogens with zero attached hydrogens (tertiary/aromatic N) is 1. The minimum atomic E-state index is -0.988. The van der Waals surface area contributed by atoms with Crippen LogP contribution in [-0.4, -0.2) is 33.6 Å². The minimum Gasteiger partial charge on any atom is -0.478 e. The van der Waals surface area contributed by atoms with Gasteiger partial charge in [0.25, 0.3) is 0 Å². The van der Waals surface area contributed by atoms with E-state index in [1.54, 1.807) is 0 Å². The van der Waals surface area contributed by atoms with Crippen LogP contribution in [0.1, 0.15) is 29.6 Å². The summed E-state index contributed by atoms with van der Waals surface area (Å²) < 4.78 is 0.247. The number of thioether (sulfide) groups is 1. The fourth-order valence-corrected chi connectivity index (χ4v) is 2.98. The van der Waals surface area contributed by atoms with Crippen molar-refractivity contribution in [2.24, 2.45) is 0 Å². The van der Waals surface area contributed by atoms with Gasteiger partial charge in [0.1, 0.15) is 5.82 Å². The SMILES string of the molecule is CSC1(CNc2cnc(N)cc2C(=O)O)CCC1. The molecule has 18 heavy (non-hydrogen) atoms. The predicted molar refractivity (Wildman–Crippen MR) is 74.2 cm³/mol. The van der Waals surface area contributed by atoms with Gasteiger partial charge in [-0.3, -0.25) is 0 Å². The van der Waals surface area contributed by atoms with E-state index in [1.165, 1.54) is 31.5 Å². The highest BCUT2D eigenvalue weighted by atomic mass is 32.2. The van der Waals surface area contributed by atoms with Crippen molar-refractivity contribution in [1.82, 2.24) is 4.98 Å². The molecule has 98 valence electrons. The Morgan fingerprint density at radius 1 is 1.67 bits per heavy atom. The second-order valence-electron chi connectivity index (χ2n) is 4.55. The fourth-order valence-electron chi connectivity index (χ4n) is 2.07. The summed E-state index contributed by atoms with van der Waals surface area (Å²) >= 11 is 1.84. The van der Waals surface area contributed by atoms with Gasteiger partial charge in [-0.15, -0.1) is 0 Å². The number of aromatic carboxylic acids is 1. The lowest BCUT2D eigenvalue weighted by Crippen LogP contribution is -2.40. The molecule has 0 spiro atoms. The van der Waals surface area contributed by atoms with Crippen LogP contribution in [-0.2, 0) is 0 Å². The number of nitrogens with one attached hydrogen (secondary N) is 1. The molecule has 2 rings (SSSR count). The number of nitrogens with two attached hydrogens (primary N) is 1. The van der Waals surface area contributed by atoms with Crippen molar-refractivity contribution >= 4 is 29.2 Å². The van der Waals surface area contributed by atoms with Gasteiger partial charge in [-0.1, -0.05) is 6.42 Å². The molecule has 0 saturated heterocycles. The maximum Gasteiger partial charge on any atom is 0.337 e. The normalized spacial score (nSPS) is 16.9. The van der Waals surface area contributed by atoms with Crippen molar-refractivity contribution in [3.8, 4) is 0 Å². The maximum absolute atomic E-state index is 11.1. The van der Waals surface area contributed by atoms with Crippen LogP contribution < -0.4 is 11.1 Å². The smallest absolute Gasteiger partial charge is 0.337 e. The number of anilines is 2. The minimum absolute atomic E-state index is 0.179. The molecule has 0 aromatic carbocycles. The van der Waals surface area contributed by atoms with Gasteiger partial charge >= 0.3 is 5.97 Å². The monoisotopic (exact) mass is 267 g/mol. The first-order valence-corrected chi connectivity index (χ1v) is 7.07. The zero-order valence-electron chi connectivity index (χ0n) is 10.3. The van der Waals surface area contributed by atoms with Crippen molar-refractivity contribution in [1.29, 1.82) is 0 Å².